The SMILES string of the molecule is COC(=O)C(CO)NC(=O)c1cccc(F)c1Br. The summed E-state index contributed by atoms with van der Waals surface area (Å²) < 4.78 is 17.6. The molecule has 0 heterocycles. The standard InChI is InChI=1S/C11H11BrFNO4/c1-18-11(17)8(5-15)14-10(16)6-3-2-4-7(13)9(6)12/h2-4,8,15H,5H2,1H3,(H,14,16). The first-order chi connectivity index (χ1) is 8.51. The van der Waals surface area contributed by atoms with Crippen molar-refractivity contribution >= 4 is 27.8 Å². The molecule has 1 aromatic rings. The van der Waals surface area contributed by atoms with Crippen molar-refractivity contribution in [3.63, 3.8) is 0 Å². The summed E-state index contributed by atoms with van der Waals surface area (Å²) in [5.41, 5.74) is 0.0253. The zero-order chi connectivity index (χ0) is 13.7. The van der Waals surface area contributed by atoms with Crippen molar-refractivity contribution < 1.29 is 23.8 Å². The summed E-state index contributed by atoms with van der Waals surface area (Å²) in [7, 11) is 1.13. The van der Waals surface area contributed by atoms with Crippen molar-refractivity contribution in [2.45, 2.75) is 6.04 Å². The Hall–Kier alpha value is -1.47. The maximum atomic E-state index is 13.2. The van der Waals surface area contributed by atoms with E-state index < -0.39 is 30.3 Å². The molecule has 0 bridgehead atoms. The first kappa shape index (κ1) is 14.6. The van der Waals surface area contributed by atoms with Crippen LogP contribution in [0.1, 0.15) is 10.4 Å². The Labute approximate surface area is 111 Å². The zero-order valence-electron chi connectivity index (χ0n) is 9.44. The van der Waals surface area contributed by atoms with E-state index >= 15 is 0 Å². The lowest BCUT2D eigenvalue weighted by atomic mass is 10.2. The maximum Gasteiger partial charge on any atom is 0.330 e. The average Bonchev–Trinajstić information content (AvgIpc) is 2.37. The molecule has 0 aromatic heterocycles. The Kier molecular flexibility index (Phi) is 5.24. The lowest BCUT2D eigenvalue weighted by Crippen LogP contribution is -2.44. The van der Waals surface area contributed by atoms with Gasteiger partial charge in [-0.25, -0.2) is 9.18 Å². The van der Waals surface area contributed by atoms with Gasteiger partial charge in [-0.3, -0.25) is 4.79 Å². The van der Waals surface area contributed by atoms with Crippen LogP contribution in [0, 0.1) is 5.82 Å². The second-order valence-corrected chi connectivity index (χ2v) is 4.13. The van der Waals surface area contributed by atoms with Gasteiger partial charge in [-0.05, 0) is 28.1 Å². The molecular formula is C11H11BrFNO4. The third kappa shape index (κ3) is 3.27. The summed E-state index contributed by atoms with van der Waals surface area (Å²) in [6, 6.07) is 2.75. The average molecular weight is 320 g/mol. The molecule has 0 saturated heterocycles. The van der Waals surface area contributed by atoms with Gasteiger partial charge in [0.25, 0.3) is 5.91 Å². The highest BCUT2D eigenvalue weighted by molar-refractivity contribution is 9.10. The van der Waals surface area contributed by atoms with Crippen LogP contribution >= 0.6 is 15.9 Å². The molecule has 0 radical (unpaired) electrons. The van der Waals surface area contributed by atoms with E-state index in [-0.39, 0.29) is 10.0 Å². The number of methoxy groups -OCH3 is 1. The molecule has 98 valence electrons. The molecule has 0 fully saturated rings. The number of carbonyl (C=O) groups excluding carboxylic acids is 2. The normalized spacial score (nSPS) is 11.8. The van der Waals surface area contributed by atoms with E-state index in [0.717, 1.165) is 7.11 Å². The van der Waals surface area contributed by atoms with Gasteiger partial charge in [0.1, 0.15) is 5.82 Å². The van der Waals surface area contributed by atoms with Crippen LogP contribution in [0.3, 0.4) is 0 Å². The largest absolute Gasteiger partial charge is 0.467 e. The Bertz CT molecular complexity index is 466. The number of aliphatic hydroxyl groups is 1. The molecule has 2 N–H and O–H groups in total. The number of benzene rings is 1. The third-order valence-electron chi connectivity index (χ3n) is 2.17. The molecule has 18 heavy (non-hydrogen) atoms. The van der Waals surface area contributed by atoms with Gasteiger partial charge in [0.2, 0.25) is 0 Å². The van der Waals surface area contributed by atoms with Gasteiger partial charge in [0.15, 0.2) is 6.04 Å². The molecule has 1 unspecified atom stereocenters. The highest BCUT2D eigenvalue weighted by Gasteiger charge is 2.22. The number of rotatable bonds is 4. The summed E-state index contributed by atoms with van der Waals surface area (Å²) in [6.07, 6.45) is 0. The van der Waals surface area contributed by atoms with Crippen LogP contribution in [-0.2, 0) is 9.53 Å². The monoisotopic (exact) mass is 319 g/mol. The highest BCUT2D eigenvalue weighted by Crippen LogP contribution is 2.20. The summed E-state index contributed by atoms with van der Waals surface area (Å²) in [4.78, 5) is 23.0. The Morgan fingerprint density at radius 1 is 1.56 bits per heavy atom. The topological polar surface area (TPSA) is 75.6 Å². The Morgan fingerprint density at radius 2 is 2.22 bits per heavy atom. The van der Waals surface area contributed by atoms with Gasteiger partial charge in [-0.2, -0.15) is 0 Å². The number of nitrogens with one attached hydrogen (secondary N) is 1. The predicted molar refractivity (Wildman–Crippen MR) is 64.5 cm³/mol. The van der Waals surface area contributed by atoms with E-state index in [2.05, 4.69) is 26.0 Å². The molecule has 0 spiro atoms. The molecule has 0 saturated carbocycles. The van der Waals surface area contributed by atoms with E-state index in [1.807, 2.05) is 0 Å². The highest BCUT2D eigenvalue weighted by atomic mass is 79.9. The third-order valence-corrected chi connectivity index (χ3v) is 2.98. The van der Waals surface area contributed by atoms with Crippen molar-refractivity contribution in [1.82, 2.24) is 5.32 Å². The second-order valence-electron chi connectivity index (χ2n) is 3.33. The molecule has 7 heteroatoms. The number of carbonyl (C=O) groups is 2. The molecule has 0 aliphatic heterocycles. The predicted octanol–water partition coefficient (Wildman–Crippen LogP) is 0.852. The smallest absolute Gasteiger partial charge is 0.330 e. The fourth-order valence-electron chi connectivity index (χ4n) is 1.24. The van der Waals surface area contributed by atoms with Crippen LogP contribution in [-0.4, -0.2) is 36.7 Å². The van der Waals surface area contributed by atoms with Crippen molar-refractivity contribution in [2.75, 3.05) is 13.7 Å². The Balaban J connectivity index is 2.88. The van der Waals surface area contributed by atoms with E-state index in [0.29, 0.717) is 0 Å². The van der Waals surface area contributed by atoms with E-state index in [9.17, 15) is 14.0 Å². The van der Waals surface area contributed by atoms with E-state index in [4.69, 9.17) is 5.11 Å². The number of amides is 1. The van der Waals surface area contributed by atoms with Gasteiger partial charge >= 0.3 is 5.97 Å². The summed E-state index contributed by atoms with van der Waals surface area (Å²) in [5.74, 6) is -2.06. The van der Waals surface area contributed by atoms with Crippen molar-refractivity contribution in [3.8, 4) is 0 Å². The van der Waals surface area contributed by atoms with Crippen molar-refractivity contribution in [3.05, 3.63) is 34.1 Å². The van der Waals surface area contributed by atoms with Gasteiger partial charge in [-0.15, -0.1) is 0 Å². The van der Waals surface area contributed by atoms with Crippen LogP contribution in [0.4, 0.5) is 4.39 Å². The summed E-state index contributed by atoms with van der Waals surface area (Å²) >= 11 is 2.93. The molecule has 1 aromatic carbocycles. The van der Waals surface area contributed by atoms with Crippen LogP contribution in [0.2, 0.25) is 0 Å². The minimum absolute atomic E-state index is 0.0101. The fourth-order valence-corrected chi connectivity index (χ4v) is 1.68. The van der Waals surface area contributed by atoms with Crippen molar-refractivity contribution in [2.24, 2.45) is 0 Å². The number of hydrogen-bond acceptors (Lipinski definition) is 4. The first-order valence-corrected chi connectivity index (χ1v) is 5.74. The van der Waals surface area contributed by atoms with Crippen LogP contribution < -0.4 is 5.32 Å². The van der Waals surface area contributed by atoms with Gasteiger partial charge in [-0.1, -0.05) is 6.07 Å². The number of ether oxygens (including phenoxy) is 1. The molecule has 1 rings (SSSR count). The minimum Gasteiger partial charge on any atom is -0.467 e. The summed E-state index contributed by atoms with van der Waals surface area (Å²) in [5, 5.41) is 11.2. The summed E-state index contributed by atoms with van der Waals surface area (Å²) in [6.45, 7) is -0.606. The fraction of sp³-hybridized carbons (Fsp3) is 0.273. The van der Waals surface area contributed by atoms with Gasteiger partial charge in [0, 0.05) is 0 Å². The Morgan fingerprint density at radius 3 is 2.78 bits per heavy atom. The number of aliphatic hydroxyl groups excluding tert-OH is 1. The van der Waals surface area contributed by atoms with Crippen LogP contribution in [0.15, 0.2) is 22.7 Å². The van der Waals surface area contributed by atoms with E-state index in [1.165, 1.54) is 18.2 Å². The number of hydrogen-bond donors (Lipinski definition) is 2. The second kappa shape index (κ2) is 6.46. The van der Waals surface area contributed by atoms with E-state index in [1.54, 1.807) is 0 Å². The molecular weight excluding hydrogens is 309 g/mol. The number of halogens is 2. The lowest BCUT2D eigenvalue weighted by Gasteiger charge is -2.14. The van der Waals surface area contributed by atoms with Crippen LogP contribution in [0.5, 0.6) is 0 Å². The zero-order valence-corrected chi connectivity index (χ0v) is 11.0. The van der Waals surface area contributed by atoms with Crippen LogP contribution in [0.25, 0.3) is 0 Å². The molecule has 0 aliphatic carbocycles. The van der Waals surface area contributed by atoms with Gasteiger partial charge in [0.05, 0.1) is 23.8 Å². The molecule has 5 nitrogen and oxygen atoms in total. The number of esters is 1. The molecule has 0 aliphatic rings. The maximum absolute atomic E-state index is 13.2. The minimum atomic E-state index is -1.18. The lowest BCUT2D eigenvalue weighted by molar-refractivity contribution is -0.143. The molecule has 1 atom stereocenters. The first-order valence-electron chi connectivity index (χ1n) is 4.94. The quantitative estimate of drug-likeness (QED) is 0.807. The van der Waals surface area contributed by atoms with Gasteiger partial charge < -0.3 is 15.2 Å². The van der Waals surface area contributed by atoms with Crippen molar-refractivity contribution in [1.29, 1.82) is 0 Å². The molecule has 1 amide bonds.